The zero-order valence-corrected chi connectivity index (χ0v) is 7.56. The Morgan fingerprint density at radius 3 is 2.82 bits per heavy atom. The summed E-state index contributed by atoms with van der Waals surface area (Å²) in [4.78, 5) is 4.20. The van der Waals surface area contributed by atoms with Crippen molar-refractivity contribution in [2.45, 2.75) is 12.2 Å². The SMILES string of the molecule is CSC(C)c1cccc(N)n1. The van der Waals surface area contributed by atoms with Gasteiger partial charge in [-0.15, -0.1) is 0 Å². The van der Waals surface area contributed by atoms with Gasteiger partial charge in [-0.1, -0.05) is 6.07 Å². The molecule has 0 amide bonds. The van der Waals surface area contributed by atoms with E-state index in [4.69, 9.17) is 5.73 Å². The maximum absolute atomic E-state index is 5.53. The van der Waals surface area contributed by atoms with Crippen molar-refractivity contribution in [2.24, 2.45) is 0 Å². The maximum atomic E-state index is 5.53. The summed E-state index contributed by atoms with van der Waals surface area (Å²) < 4.78 is 0. The van der Waals surface area contributed by atoms with Crippen LogP contribution >= 0.6 is 11.8 Å². The highest BCUT2D eigenvalue weighted by Gasteiger charge is 2.03. The molecule has 0 saturated heterocycles. The smallest absolute Gasteiger partial charge is 0.123 e. The van der Waals surface area contributed by atoms with Gasteiger partial charge in [0.05, 0.1) is 5.69 Å². The van der Waals surface area contributed by atoms with Crippen LogP contribution < -0.4 is 5.73 Å². The molecule has 0 fully saturated rings. The third-order valence-electron chi connectivity index (χ3n) is 1.56. The third kappa shape index (κ3) is 2.12. The molecule has 0 spiro atoms. The van der Waals surface area contributed by atoms with Gasteiger partial charge < -0.3 is 5.73 Å². The van der Waals surface area contributed by atoms with Crippen molar-refractivity contribution in [1.29, 1.82) is 0 Å². The number of nitrogens with zero attached hydrogens (tertiary/aromatic N) is 1. The van der Waals surface area contributed by atoms with Crippen LogP contribution in [0.1, 0.15) is 17.9 Å². The number of aromatic nitrogens is 1. The molecule has 0 aliphatic heterocycles. The first-order valence-corrected chi connectivity index (χ1v) is 4.78. The molecule has 60 valence electrons. The molecule has 11 heavy (non-hydrogen) atoms. The highest BCUT2D eigenvalue weighted by Crippen LogP contribution is 2.23. The van der Waals surface area contributed by atoms with Crippen molar-refractivity contribution in [3.05, 3.63) is 23.9 Å². The lowest BCUT2D eigenvalue weighted by atomic mass is 10.3. The molecule has 2 nitrogen and oxygen atoms in total. The van der Waals surface area contributed by atoms with E-state index in [0.717, 1.165) is 5.69 Å². The number of thioether (sulfide) groups is 1. The fourth-order valence-electron chi connectivity index (χ4n) is 0.816. The summed E-state index contributed by atoms with van der Waals surface area (Å²) >= 11 is 1.77. The number of hydrogen-bond donors (Lipinski definition) is 1. The number of anilines is 1. The van der Waals surface area contributed by atoms with Gasteiger partial charge in [0.15, 0.2) is 0 Å². The molecule has 0 radical (unpaired) electrons. The Hall–Kier alpha value is -0.700. The summed E-state index contributed by atoms with van der Waals surface area (Å²) in [6.07, 6.45) is 2.07. The van der Waals surface area contributed by atoms with Gasteiger partial charge in [0.1, 0.15) is 5.82 Å². The van der Waals surface area contributed by atoms with Crippen LogP contribution in [0.5, 0.6) is 0 Å². The Kier molecular flexibility index (Phi) is 2.76. The Morgan fingerprint density at radius 1 is 1.55 bits per heavy atom. The zero-order chi connectivity index (χ0) is 8.27. The molecule has 2 N–H and O–H groups in total. The summed E-state index contributed by atoms with van der Waals surface area (Å²) in [6.45, 7) is 2.12. The summed E-state index contributed by atoms with van der Waals surface area (Å²) in [7, 11) is 0. The maximum Gasteiger partial charge on any atom is 0.123 e. The molecule has 1 heterocycles. The molecule has 0 bridgehead atoms. The Morgan fingerprint density at radius 2 is 2.27 bits per heavy atom. The molecule has 3 heteroatoms. The van der Waals surface area contributed by atoms with E-state index in [-0.39, 0.29) is 0 Å². The van der Waals surface area contributed by atoms with Crippen LogP contribution in [-0.2, 0) is 0 Å². The van der Waals surface area contributed by atoms with Gasteiger partial charge >= 0.3 is 0 Å². The first-order chi connectivity index (χ1) is 5.24. The minimum atomic E-state index is 0.429. The van der Waals surface area contributed by atoms with E-state index in [2.05, 4.69) is 18.2 Å². The molecule has 0 aliphatic carbocycles. The molecule has 1 atom stereocenters. The summed E-state index contributed by atoms with van der Waals surface area (Å²) in [5.74, 6) is 0.600. The largest absolute Gasteiger partial charge is 0.384 e. The Balaban J connectivity index is 2.86. The van der Waals surface area contributed by atoms with Crippen molar-refractivity contribution >= 4 is 17.6 Å². The second-order valence-corrected chi connectivity index (χ2v) is 3.54. The van der Waals surface area contributed by atoms with Gasteiger partial charge in [0, 0.05) is 5.25 Å². The van der Waals surface area contributed by atoms with Gasteiger partial charge in [-0.2, -0.15) is 11.8 Å². The Labute approximate surface area is 71.2 Å². The van der Waals surface area contributed by atoms with Gasteiger partial charge in [0.25, 0.3) is 0 Å². The number of pyridine rings is 1. The van der Waals surface area contributed by atoms with E-state index >= 15 is 0 Å². The van der Waals surface area contributed by atoms with Crippen LogP contribution in [0.15, 0.2) is 18.2 Å². The number of rotatable bonds is 2. The van der Waals surface area contributed by atoms with Crippen LogP contribution in [0.4, 0.5) is 5.82 Å². The van der Waals surface area contributed by atoms with E-state index in [1.54, 1.807) is 17.8 Å². The number of nitrogen functional groups attached to an aromatic ring is 1. The second kappa shape index (κ2) is 3.62. The average molecular weight is 168 g/mol. The van der Waals surface area contributed by atoms with Crippen LogP contribution in [0.25, 0.3) is 0 Å². The fourth-order valence-corrected chi connectivity index (χ4v) is 1.19. The Bertz CT molecular complexity index is 237. The van der Waals surface area contributed by atoms with Gasteiger partial charge in [-0.05, 0) is 25.3 Å². The van der Waals surface area contributed by atoms with E-state index in [0.29, 0.717) is 11.1 Å². The summed E-state index contributed by atoms with van der Waals surface area (Å²) in [5, 5.41) is 0.429. The van der Waals surface area contributed by atoms with Crippen molar-refractivity contribution in [3.8, 4) is 0 Å². The lowest BCUT2D eigenvalue weighted by Gasteiger charge is -2.06. The number of hydrogen-bond acceptors (Lipinski definition) is 3. The predicted molar refractivity (Wildman–Crippen MR) is 50.6 cm³/mol. The zero-order valence-electron chi connectivity index (χ0n) is 6.74. The van der Waals surface area contributed by atoms with Crippen LogP contribution in [-0.4, -0.2) is 11.2 Å². The normalized spacial score (nSPS) is 12.9. The molecule has 0 aromatic carbocycles. The average Bonchev–Trinajstić information content (AvgIpc) is 2.03. The standard InChI is InChI=1S/C8H12N2S/c1-6(11-2)7-4-3-5-8(9)10-7/h3-6H,1-2H3,(H2,9,10). The molecule has 0 saturated carbocycles. The van der Waals surface area contributed by atoms with E-state index < -0.39 is 0 Å². The molecular formula is C8H12N2S. The fraction of sp³-hybridized carbons (Fsp3) is 0.375. The van der Waals surface area contributed by atoms with Crippen molar-refractivity contribution in [3.63, 3.8) is 0 Å². The second-order valence-electron chi connectivity index (χ2n) is 2.37. The van der Waals surface area contributed by atoms with Crippen LogP contribution in [0, 0.1) is 0 Å². The first kappa shape index (κ1) is 8.40. The third-order valence-corrected chi connectivity index (χ3v) is 2.51. The molecule has 1 aromatic heterocycles. The van der Waals surface area contributed by atoms with Gasteiger partial charge in [-0.25, -0.2) is 4.98 Å². The highest BCUT2D eigenvalue weighted by molar-refractivity contribution is 7.98. The minimum Gasteiger partial charge on any atom is -0.384 e. The predicted octanol–water partition coefficient (Wildman–Crippen LogP) is 2.09. The molecular weight excluding hydrogens is 156 g/mol. The summed E-state index contributed by atoms with van der Waals surface area (Å²) in [6, 6.07) is 5.73. The van der Waals surface area contributed by atoms with Crippen molar-refractivity contribution in [1.82, 2.24) is 4.98 Å². The minimum absolute atomic E-state index is 0.429. The number of nitrogens with two attached hydrogens (primary N) is 1. The lowest BCUT2D eigenvalue weighted by molar-refractivity contribution is 1.02. The van der Waals surface area contributed by atoms with Crippen molar-refractivity contribution in [2.75, 3.05) is 12.0 Å². The first-order valence-electron chi connectivity index (χ1n) is 3.49. The quantitative estimate of drug-likeness (QED) is 0.735. The van der Waals surface area contributed by atoms with E-state index in [1.165, 1.54) is 0 Å². The topological polar surface area (TPSA) is 38.9 Å². The lowest BCUT2D eigenvalue weighted by Crippen LogP contribution is -1.96. The van der Waals surface area contributed by atoms with E-state index in [9.17, 15) is 0 Å². The van der Waals surface area contributed by atoms with Gasteiger partial charge in [0.2, 0.25) is 0 Å². The van der Waals surface area contributed by atoms with E-state index in [1.807, 2.05) is 12.1 Å². The highest BCUT2D eigenvalue weighted by atomic mass is 32.2. The molecule has 1 rings (SSSR count). The molecule has 0 aliphatic rings. The van der Waals surface area contributed by atoms with Crippen LogP contribution in [0.2, 0.25) is 0 Å². The monoisotopic (exact) mass is 168 g/mol. The summed E-state index contributed by atoms with van der Waals surface area (Å²) in [5.41, 5.74) is 6.58. The van der Waals surface area contributed by atoms with Gasteiger partial charge in [-0.3, -0.25) is 0 Å². The van der Waals surface area contributed by atoms with Crippen molar-refractivity contribution < 1.29 is 0 Å². The van der Waals surface area contributed by atoms with Crippen LogP contribution in [0.3, 0.4) is 0 Å². The molecule has 1 aromatic rings. The molecule has 1 unspecified atom stereocenters.